The fourth-order valence-corrected chi connectivity index (χ4v) is 2.71. The zero-order valence-corrected chi connectivity index (χ0v) is 14.7. The van der Waals surface area contributed by atoms with Crippen LogP contribution in [0.15, 0.2) is 30.5 Å². The Hall–Kier alpha value is -2.51. The minimum Gasteiger partial charge on any atom is -0.384 e. The van der Waals surface area contributed by atoms with Crippen LogP contribution < -0.4 is 5.73 Å². The number of amides is 1. The molecule has 0 aliphatic carbocycles. The van der Waals surface area contributed by atoms with Crippen molar-refractivity contribution in [3.63, 3.8) is 0 Å². The van der Waals surface area contributed by atoms with E-state index in [0.29, 0.717) is 29.2 Å². The summed E-state index contributed by atoms with van der Waals surface area (Å²) < 4.78 is 1.64. The molecule has 8 heteroatoms. The molecule has 2 aromatic heterocycles. The number of nitrogens with two attached hydrogens (primary N) is 1. The van der Waals surface area contributed by atoms with Crippen molar-refractivity contribution in [2.45, 2.75) is 32.4 Å². The molecule has 2 heterocycles. The lowest BCUT2D eigenvalue weighted by Gasteiger charge is -2.16. The third-order valence-electron chi connectivity index (χ3n) is 4.20. The highest BCUT2D eigenvalue weighted by molar-refractivity contribution is 6.35. The molecular weight excluding hydrogens is 342 g/mol. The van der Waals surface area contributed by atoms with E-state index in [1.165, 1.54) is 6.07 Å². The molecule has 25 heavy (non-hydrogen) atoms. The lowest BCUT2D eigenvalue weighted by molar-refractivity contribution is 0.0484. The van der Waals surface area contributed by atoms with Gasteiger partial charge in [0, 0.05) is 5.39 Å². The smallest absolute Gasteiger partial charge is 0.267 e. The number of aliphatic hydroxyl groups is 1. The van der Waals surface area contributed by atoms with Crippen LogP contribution in [-0.2, 0) is 12.1 Å². The van der Waals surface area contributed by atoms with Crippen LogP contribution in [0.2, 0.25) is 5.02 Å². The number of carbonyl (C=O) groups excluding carboxylic acids is 1. The van der Waals surface area contributed by atoms with Crippen molar-refractivity contribution in [3.8, 4) is 0 Å². The molecule has 130 valence electrons. The Labute approximate surface area is 149 Å². The molecule has 0 aliphatic rings. The van der Waals surface area contributed by atoms with Gasteiger partial charge in [0.25, 0.3) is 5.91 Å². The summed E-state index contributed by atoms with van der Waals surface area (Å²) in [7, 11) is 0. The van der Waals surface area contributed by atoms with Crippen molar-refractivity contribution < 1.29 is 9.90 Å². The van der Waals surface area contributed by atoms with Gasteiger partial charge >= 0.3 is 0 Å². The number of aromatic nitrogens is 4. The van der Waals surface area contributed by atoms with Gasteiger partial charge in [-0.3, -0.25) is 4.79 Å². The van der Waals surface area contributed by atoms with Crippen molar-refractivity contribution in [2.75, 3.05) is 0 Å². The SMILES string of the molecule is CC[C@@](C)(O)c1cn(Cc2ccc3c(Cl)cc(C(N)=O)nc3c2)nn1. The number of primary amides is 1. The molecule has 7 nitrogen and oxygen atoms in total. The van der Waals surface area contributed by atoms with Crippen LogP contribution >= 0.6 is 11.6 Å². The van der Waals surface area contributed by atoms with Crippen molar-refractivity contribution in [1.82, 2.24) is 20.0 Å². The second-order valence-corrected chi connectivity index (χ2v) is 6.54. The summed E-state index contributed by atoms with van der Waals surface area (Å²) in [6.07, 6.45) is 2.26. The largest absolute Gasteiger partial charge is 0.384 e. The quantitative estimate of drug-likeness (QED) is 0.726. The molecule has 0 radical (unpaired) electrons. The topological polar surface area (TPSA) is 107 Å². The summed E-state index contributed by atoms with van der Waals surface area (Å²) in [5.74, 6) is -0.628. The number of hydrogen-bond acceptors (Lipinski definition) is 5. The van der Waals surface area contributed by atoms with E-state index in [0.717, 1.165) is 10.9 Å². The number of pyridine rings is 1. The Morgan fingerprint density at radius 2 is 2.16 bits per heavy atom. The van der Waals surface area contributed by atoms with Gasteiger partial charge in [-0.25, -0.2) is 9.67 Å². The molecule has 1 amide bonds. The third-order valence-corrected chi connectivity index (χ3v) is 4.51. The van der Waals surface area contributed by atoms with E-state index in [4.69, 9.17) is 17.3 Å². The molecule has 0 aliphatic heterocycles. The molecule has 1 aromatic carbocycles. The van der Waals surface area contributed by atoms with Gasteiger partial charge < -0.3 is 10.8 Å². The molecule has 0 spiro atoms. The van der Waals surface area contributed by atoms with Crippen LogP contribution in [0.4, 0.5) is 0 Å². The van der Waals surface area contributed by atoms with Crippen molar-refractivity contribution >= 4 is 28.4 Å². The summed E-state index contributed by atoms with van der Waals surface area (Å²) >= 11 is 6.19. The normalized spacial score (nSPS) is 13.8. The van der Waals surface area contributed by atoms with Gasteiger partial charge in [-0.2, -0.15) is 0 Å². The van der Waals surface area contributed by atoms with E-state index < -0.39 is 11.5 Å². The van der Waals surface area contributed by atoms with E-state index in [1.54, 1.807) is 17.8 Å². The van der Waals surface area contributed by atoms with Crippen LogP contribution in [0.5, 0.6) is 0 Å². The highest BCUT2D eigenvalue weighted by Gasteiger charge is 2.24. The first-order chi connectivity index (χ1) is 11.8. The van der Waals surface area contributed by atoms with E-state index in [1.807, 2.05) is 25.1 Å². The average molecular weight is 360 g/mol. The van der Waals surface area contributed by atoms with E-state index >= 15 is 0 Å². The zero-order valence-electron chi connectivity index (χ0n) is 13.9. The Morgan fingerprint density at radius 1 is 1.40 bits per heavy atom. The second kappa shape index (κ2) is 6.42. The Bertz CT molecular complexity index is 951. The minimum absolute atomic E-state index is 0.122. The van der Waals surface area contributed by atoms with Gasteiger partial charge in [0.15, 0.2) is 0 Å². The number of halogens is 1. The first-order valence-corrected chi connectivity index (χ1v) is 8.20. The predicted octanol–water partition coefficient (Wildman–Crippen LogP) is 2.24. The van der Waals surface area contributed by atoms with E-state index in [-0.39, 0.29) is 5.69 Å². The zero-order chi connectivity index (χ0) is 18.2. The maximum atomic E-state index is 11.4. The van der Waals surface area contributed by atoms with E-state index in [2.05, 4.69) is 15.3 Å². The molecule has 3 N–H and O–H groups in total. The van der Waals surface area contributed by atoms with E-state index in [9.17, 15) is 9.90 Å². The maximum Gasteiger partial charge on any atom is 0.267 e. The predicted molar refractivity (Wildman–Crippen MR) is 94.3 cm³/mol. The van der Waals surface area contributed by atoms with Crippen molar-refractivity contribution in [3.05, 3.63) is 52.4 Å². The number of fused-ring (bicyclic) bond motifs is 1. The number of carbonyl (C=O) groups is 1. The van der Waals surface area contributed by atoms with Crippen LogP contribution in [0.3, 0.4) is 0 Å². The summed E-state index contributed by atoms with van der Waals surface area (Å²) in [5, 5.41) is 19.5. The van der Waals surface area contributed by atoms with Gasteiger partial charge in [-0.05, 0) is 31.0 Å². The van der Waals surface area contributed by atoms with Gasteiger partial charge in [-0.1, -0.05) is 35.9 Å². The molecule has 3 rings (SSSR count). The highest BCUT2D eigenvalue weighted by Crippen LogP contribution is 2.25. The number of benzene rings is 1. The number of hydrogen-bond donors (Lipinski definition) is 2. The van der Waals surface area contributed by atoms with Gasteiger partial charge in [0.05, 0.1) is 23.3 Å². The van der Waals surface area contributed by atoms with Gasteiger partial charge in [0.1, 0.15) is 17.0 Å². The molecule has 0 unspecified atom stereocenters. The molecule has 0 bridgehead atoms. The fourth-order valence-electron chi connectivity index (χ4n) is 2.45. The highest BCUT2D eigenvalue weighted by atomic mass is 35.5. The molecule has 0 fully saturated rings. The standard InChI is InChI=1S/C17H18ClN5O2/c1-3-17(2,25)15-9-23(22-21-15)8-10-4-5-11-12(18)7-14(16(19)24)20-13(11)6-10/h4-7,9,25H,3,8H2,1-2H3,(H2,19,24)/t17-/m1/s1. The Morgan fingerprint density at radius 3 is 2.84 bits per heavy atom. The fraction of sp³-hybridized carbons (Fsp3) is 0.294. The van der Waals surface area contributed by atoms with Crippen LogP contribution in [0.1, 0.15) is 42.0 Å². The minimum atomic E-state index is -1.01. The van der Waals surface area contributed by atoms with Gasteiger partial charge in [0.2, 0.25) is 0 Å². The van der Waals surface area contributed by atoms with Crippen LogP contribution in [0, 0.1) is 0 Å². The lowest BCUT2D eigenvalue weighted by atomic mass is 10.0. The summed E-state index contributed by atoms with van der Waals surface area (Å²) in [5.41, 5.74) is 6.41. The first-order valence-electron chi connectivity index (χ1n) is 7.82. The lowest BCUT2D eigenvalue weighted by Crippen LogP contribution is -2.20. The molecule has 3 aromatic rings. The number of rotatable bonds is 5. The Balaban J connectivity index is 1.93. The third kappa shape index (κ3) is 3.47. The maximum absolute atomic E-state index is 11.4. The molecular formula is C17H18ClN5O2. The monoisotopic (exact) mass is 359 g/mol. The summed E-state index contributed by atoms with van der Waals surface area (Å²) in [6.45, 7) is 4.03. The average Bonchev–Trinajstić information content (AvgIpc) is 3.03. The second-order valence-electron chi connectivity index (χ2n) is 6.13. The first kappa shape index (κ1) is 17.3. The molecule has 0 saturated heterocycles. The van der Waals surface area contributed by atoms with Crippen molar-refractivity contribution in [2.24, 2.45) is 5.73 Å². The van der Waals surface area contributed by atoms with Crippen molar-refractivity contribution in [1.29, 1.82) is 0 Å². The number of nitrogens with zero attached hydrogens (tertiary/aromatic N) is 4. The van der Waals surface area contributed by atoms with Crippen LogP contribution in [-0.4, -0.2) is 31.0 Å². The summed E-state index contributed by atoms with van der Waals surface area (Å²) in [6, 6.07) is 7.03. The Kier molecular flexibility index (Phi) is 4.45. The molecule has 1 atom stereocenters. The van der Waals surface area contributed by atoms with Gasteiger partial charge in [-0.15, -0.1) is 5.10 Å². The summed E-state index contributed by atoms with van der Waals surface area (Å²) in [4.78, 5) is 15.6. The van der Waals surface area contributed by atoms with Crippen LogP contribution in [0.25, 0.3) is 10.9 Å². The molecule has 0 saturated carbocycles.